The van der Waals surface area contributed by atoms with Gasteiger partial charge in [0.2, 0.25) is 0 Å². The molecule has 3 aromatic rings. The molecule has 31 heavy (non-hydrogen) atoms. The van der Waals surface area contributed by atoms with Crippen LogP contribution in [0.15, 0.2) is 50.8 Å². The zero-order valence-electron chi connectivity index (χ0n) is 18.6. The number of hydrogen-bond donors (Lipinski definition) is 0. The largest absolute Gasteiger partial charge is 0.493 e. The summed E-state index contributed by atoms with van der Waals surface area (Å²) in [6, 6.07) is 11.1. The number of aromatic nitrogens is 2. The fourth-order valence-corrected chi connectivity index (χ4v) is 3.47. The molecule has 1 heterocycles. The normalized spacial score (nSPS) is 13.5. The number of methoxy groups -OCH3 is 1. The van der Waals surface area contributed by atoms with Gasteiger partial charge in [-0.1, -0.05) is 42.8 Å². The van der Waals surface area contributed by atoms with Crippen LogP contribution in [0.3, 0.4) is 0 Å². The number of fused-ring (bicyclic) bond motifs is 1. The van der Waals surface area contributed by atoms with E-state index in [1.54, 1.807) is 19.4 Å². The van der Waals surface area contributed by atoms with Gasteiger partial charge in [0.1, 0.15) is 5.82 Å². The Morgan fingerprint density at radius 2 is 1.97 bits per heavy atom. The molecule has 0 amide bonds. The lowest BCUT2D eigenvalue weighted by molar-refractivity contribution is 0.207. The average Bonchev–Trinajstić information content (AvgIpc) is 2.78. The van der Waals surface area contributed by atoms with E-state index in [0.717, 1.165) is 22.9 Å². The maximum atomic E-state index is 13.3. The lowest BCUT2D eigenvalue weighted by atomic mass is 10.1. The van der Waals surface area contributed by atoms with Crippen LogP contribution in [-0.4, -0.2) is 29.1 Å². The summed E-state index contributed by atoms with van der Waals surface area (Å²) in [6.45, 7) is 8.17. The van der Waals surface area contributed by atoms with E-state index in [9.17, 15) is 4.79 Å². The molecule has 0 aliphatic heterocycles. The Morgan fingerprint density at radius 1 is 1.19 bits per heavy atom. The molecule has 2 aromatic carbocycles. The molecule has 164 valence electrons. The van der Waals surface area contributed by atoms with Gasteiger partial charge in [0.05, 0.1) is 30.3 Å². The zero-order valence-corrected chi connectivity index (χ0v) is 20.1. The van der Waals surface area contributed by atoms with E-state index in [-0.39, 0.29) is 17.6 Å². The average molecular weight is 486 g/mol. The third-order valence-corrected chi connectivity index (χ3v) is 5.82. The summed E-state index contributed by atoms with van der Waals surface area (Å²) in [4.78, 5) is 18.1. The molecule has 1 aromatic heterocycles. The van der Waals surface area contributed by atoms with Gasteiger partial charge in [0.15, 0.2) is 11.5 Å². The highest BCUT2D eigenvalue weighted by Gasteiger charge is 2.17. The molecule has 7 heteroatoms. The minimum atomic E-state index is -0.204. The first-order chi connectivity index (χ1) is 14.9. The quantitative estimate of drug-likeness (QED) is 0.381. The minimum absolute atomic E-state index is 0.0153. The van der Waals surface area contributed by atoms with E-state index in [1.807, 2.05) is 44.2 Å². The van der Waals surface area contributed by atoms with E-state index in [4.69, 9.17) is 14.5 Å². The van der Waals surface area contributed by atoms with Crippen LogP contribution in [0.25, 0.3) is 10.9 Å². The van der Waals surface area contributed by atoms with Crippen LogP contribution < -0.4 is 15.0 Å². The second kappa shape index (κ2) is 10.1. The lowest BCUT2D eigenvalue weighted by Crippen LogP contribution is -2.23. The molecule has 0 saturated heterocycles. The Labute approximate surface area is 191 Å². The number of rotatable bonds is 8. The molecule has 6 nitrogen and oxygen atoms in total. The summed E-state index contributed by atoms with van der Waals surface area (Å²) in [5.41, 5.74) is 1.19. The second-order valence-corrected chi connectivity index (χ2v) is 8.43. The summed E-state index contributed by atoms with van der Waals surface area (Å²) in [5.74, 6) is 1.93. The Balaban J connectivity index is 2.17. The smallest absolute Gasteiger partial charge is 0.282 e. The summed E-state index contributed by atoms with van der Waals surface area (Å²) in [7, 11) is 1.61. The number of ether oxygens (including phenoxy) is 2. The van der Waals surface area contributed by atoms with Crippen molar-refractivity contribution in [1.82, 2.24) is 9.66 Å². The first-order valence-corrected chi connectivity index (χ1v) is 11.3. The maximum Gasteiger partial charge on any atom is 0.282 e. The van der Waals surface area contributed by atoms with E-state index in [2.05, 4.69) is 34.9 Å². The Bertz CT molecular complexity index is 1160. The van der Waals surface area contributed by atoms with Crippen LogP contribution in [0.4, 0.5) is 0 Å². The van der Waals surface area contributed by atoms with Crippen LogP contribution in [-0.2, 0) is 0 Å². The minimum Gasteiger partial charge on any atom is -0.493 e. The highest BCUT2D eigenvalue weighted by atomic mass is 79.9. The molecular formula is C24H28BrN3O3. The molecule has 0 aliphatic carbocycles. The summed E-state index contributed by atoms with van der Waals surface area (Å²) in [5, 5.41) is 5.07. The van der Waals surface area contributed by atoms with Crippen molar-refractivity contribution in [3.63, 3.8) is 0 Å². The Kier molecular flexibility index (Phi) is 7.49. The van der Waals surface area contributed by atoms with Gasteiger partial charge in [-0.15, -0.1) is 0 Å². The molecule has 0 saturated carbocycles. The van der Waals surface area contributed by atoms with Crippen LogP contribution in [0, 0.1) is 0 Å². The van der Waals surface area contributed by atoms with Crippen molar-refractivity contribution in [3.8, 4) is 11.5 Å². The monoisotopic (exact) mass is 485 g/mol. The summed E-state index contributed by atoms with van der Waals surface area (Å²) < 4.78 is 13.8. The SMILES string of the molecule is CC[C@@H](C)c1nc2ccc(Br)cc2c(=O)n1N=Cc1cccc(OC)c1O[C@@H](C)CC. The van der Waals surface area contributed by atoms with E-state index >= 15 is 0 Å². The molecule has 0 spiro atoms. The van der Waals surface area contributed by atoms with Crippen molar-refractivity contribution in [2.45, 2.75) is 52.6 Å². The van der Waals surface area contributed by atoms with Gasteiger partial charge < -0.3 is 9.47 Å². The predicted molar refractivity (Wildman–Crippen MR) is 129 cm³/mol. The molecule has 3 rings (SSSR count). The van der Waals surface area contributed by atoms with Crippen molar-refractivity contribution in [2.75, 3.05) is 7.11 Å². The summed E-state index contributed by atoms with van der Waals surface area (Å²) >= 11 is 3.44. The standard InChI is InChI=1S/C24H28BrN3O3/c1-6-15(3)23-27-20-12-11-18(25)13-19(20)24(29)28(23)26-14-17-9-8-10-21(30-5)22(17)31-16(4)7-2/h8-16H,6-7H2,1-5H3/t15-,16+/m1/s1. The van der Waals surface area contributed by atoms with Crippen molar-refractivity contribution in [2.24, 2.45) is 5.10 Å². The maximum absolute atomic E-state index is 13.3. The fraction of sp³-hybridized carbons (Fsp3) is 0.375. The lowest BCUT2D eigenvalue weighted by Gasteiger charge is -2.18. The van der Waals surface area contributed by atoms with Crippen LogP contribution in [0.1, 0.15) is 57.8 Å². The highest BCUT2D eigenvalue weighted by Crippen LogP contribution is 2.31. The third-order valence-electron chi connectivity index (χ3n) is 5.32. The molecule has 0 fully saturated rings. The first-order valence-electron chi connectivity index (χ1n) is 10.5. The number of nitrogens with zero attached hydrogens (tertiary/aromatic N) is 3. The first kappa shape index (κ1) is 23.0. The highest BCUT2D eigenvalue weighted by molar-refractivity contribution is 9.10. The van der Waals surface area contributed by atoms with Crippen molar-refractivity contribution in [3.05, 3.63) is 62.6 Å². The molecule has 2 atom stereocenters. The second-order valence-electron chi connectivity index (χ2n) is 7.52. The molecular weight excluding hydrogens is 458 g/mol. The Hall–Kier alpha value is -2.67. The molecule has 0 unspecified atom stereocenters. The predicted octanol–water partition coefficient (Wildman–Crippen LogP) is 5.74. The Morgan fingerprint density at radius 3 is 2.65 bits per heavy atom. The molecule has 0 N–H and O–H groups in total. The fourth-order valence-electron chi connectivity index (χ4n) is 3.10. The van der Waals surface area contributed by atoms with Gasteiger partial charge in [-0.2, -0.15) is 9.78 Å². The van der Waals surface area contributed by atoms with Gasteiger partial charge >= 0.3 is 0 Å². The van der Waals surface area contributed by atoms with E-state index in [0.29, 0.717) is 28.2 Å². The van der Waals surface area contributed by atoms with Gasteiger partial charge in [-0.25, -0.2) is 4.98 Å². The molecule has 0 bridgehead atoms. The van der Waals surface area contributed by atoms with Crippen molar-refractivity contribution in [1.29, 1.82) is 0 Å². The van der Waals surface area contributed by atoms with Crippen molar-refractivity contribution >= 4 is 33.0 Å². The number of hydrogen-bond acceptors (Lipinski definition) is 5. The van der Waals surface area contributed by atoms with Gasteiger partial charge in [-0.3, -0.25) is 4.79 Å². The van der Waals surface area contributed by atoms with Crippen LogP contribution in [0.5, 0.6) is 11.5 Å². The number of benzene rings is 2. The molecule has 0 aliphatic rings. The number of para-hydroxylation sites is 1. The van der Waals surface area contributed by atoms with E-state index in [1.165, 1.54) is 4.68 Å². The van der Waals surface area contributed by atoms with E-state index < -0.39 is 0 Å². The summed E-state index contributed by atoms with van der Waals surface area (Å²) in [6.07, 6.45) is 3.35. The van der Waals surface area contributed by atoms with Crippen LogP contribution >= 0.6 is 15.9 Å². The van der Waals surface area contributed by atoms with Gasteiger partial charge in [-0.05, 0) is 50.1 Å². The number of halogens is 1. The molecule has 0 radical (unpaired) electrons. The van der Waals surface area contributed by atoms with Crippen molar-refractivity contribution < 1.29 is 9.47 Å². The third kappa shape index (κ3) is 4.98. The zero-order chi connectivity index (χ0) is 22.5. The van der Waals surface area contributed by atoms with Gasteiger partial charge in [0.25, 0.3) is 5.56 Å². The van der Waals surface area contributed by atoms with Gasteiger partial charge in [0, 0.05) is 16.0 Å². The van der Waals surface area contributed by atoms with Crippen LogP contribution in [0.2, 0.25) is 0 Å². The topological polar surface area (TPSA) is 65.7 Å².